The van der Waals surface area contributed by atoms with Gasteiger partial charge in [0, 0.05) is 22.5 Å². The minimum absolute atomic E-state index is 0.934. The molecule has 0 bridgehead atoms. The first-order valence-electron chi connectivity index (χ1n) is 20.7. The van der Waals surface area contributed by atoms with Crippen LogP contribution in [0, 0.1) is 0 Å². The first kappa shape index (κ1) is 34.2. The molecule has 2 heterocycles. The van der Waals surface area contributed by atoms with Crippen molar-refractivity contribution in [3.05, 3.63) is 211 Å². The molecule has 1 aliphatic carbocycles. The summed E-state index contributed by atoms with van der Waals surface area (Å²) in [7, 11) is 0. The lowest BCUT2D eigenvalue weighted by atomic mass is 9.82. The van der Waals surface area contributed by atoms with E-state index in [1.807, 2.05) is 0 Å². The number of hydrogen-bond donors (Lipinski definition) is 0. The predicted molar refractivity (Wildman–Crippen MR) is 250 cm³/mol. The maximum absolute atomic E-state index is 5.14. The molecule has 4 nitrogen and oxygen atoms in total. The largest absolute Gasteiger partial charge is 0.292 e. The SMILES string of the molecule is C1=Cc2c(c(-c3ccc(-c4nc5ccccc5n4-c4ccccc4)cc3)cc3cc(-c4ccc(-c5nc6ccccc6n5-c5ccccc5)cc4)c4ccccc4c23)CC1. The molecule has 0 N–H and O–H groups in total. The summed E-state index contributed by atoms with van der Waals surface area (Å²) in [5.41, 5.74) is 16.2. The zero-order valence-corrected chi connectivity index (χ0v) is 32.8. The molecule has 4 heteroatoms. The number of aromatic nitrogens is 4. The van der Waals surface area contributed by atoms with Crippen molar-refractivity contribution in [3.8, 4) is 56.4 Å². The highest BCUT2D eigenvalue weighted by atomic mass is 15.1. The van der Waals surface area contributed by atoms with Crippen LogP contribution in [0.5, 0.6) is 0 Å². The lowest BCUT2D eigenvalue weighted by molar-refractivity contribution is 0.992. The summed E-state index contributed by atoms with van der Waals surface area (Å²) in [6.45, 7) is 0. The Labute approximate surface area is 348 Å². The molecule has 0 aliphatic heterocycles. The van der Waals surface area contributed by atoms with Crippen LogP contribution in [0.2, 0.25) is 0 Å². The van der Waals surface area contributed by atoms with Gasteiger partial charge in [-0.15, -0.1) is 0 Å². The second kappa shape index (κ2) is 13.9. The van der Waals surface area contributed by atoms with Gasteiger partial charge in [-0.3, -0.25) is 9.13 Å². The molecular weight excluding hydrogens is 729 g/mol. The molecule has 12 rings (SSSR count). The fourth-order valence-electron chi connectivity index (χ4n) is 9.44. The Kier molecular flexibility index (Phi) is 7.95. The Morgan fingerprint density at radius 3 is 1.47 bits per heavy atom. The fourth-order valence-corrected chi connectivity index (χ4v) is 9.44. The minimum Gasteiger partial charge on any atom is -0.292 e. The van der Waals surface area contributed by atoms with Gasteiger partial charge in [-0.05, 0) is 128 Å². The number of allylic oxidation sites excluding steroid dienone is 1. The summed E-state index contributed by atoms with van der Waals surface area (Å²) in [5, 5.41) is 5.11. The molecule has 0 fully saturated rings. The van der Waals surface area contributed by atoms with Gasteiger partial charge in [0.05, 0.1) is 22.1 Å². The van der Waals surface area contributed by atoms with Gasteiger partial charge >= 0.3 is 0 Å². The summed E-state index contributed by atoms with van der Waals surface area (Å²) >= 11 is 0. The van der Waals surface area contributed by atoms with Gasteiger partial charge in [-0.1, -0.05) is 146 Å². The third-order valence-corrected chi connectivity index (χ3v) is 12.2. The van der Waals surface area contributed by atoms with Crippen LogP contribution < -0.4 is 0 Å². The monoisotopic (exact) mass is 766 g/mol. The number of nitrogens with zero attached hydrogens (tertiary/aromatic N) is 4. The highest BCUT2D eigenvalue weighted by Crippen LogP contribution is 2.44. The molecule has 0 saturated heterocycles. The second-order valence-corrected chi connectivity index (χ2v) is 15.7. The number of benzene rings is 9. The quantitative estimate of drug-likeness (QED) is 0.158. The molecule has 60 heavy (non-hydrogen) atoms. The number of fused-ring (bicyclic) bond motifs is 7. The van der Waals surface area contributed by atoms with Crippen molar-refractivity contribution in [1.29, 1.82) is 0 Å². The van der Waals surface area contributed by atoms with Gasteiger partial charge in [0.1, 0.15) is 11.6 Å². The average Bonchev–Trinajstić information content (AvgIpc) is 3.91. The van der Waals surface area contributed by atoms with E-state index >= 15 is 0 Å². The van der Waals surface area contributed by atoms with Crippen molar-refractivity contribution in [3.63, 3.8) is 0 Å². The van der Waals surface area contributed by atoms with Gasteiger partial charge in [-0.25, -0.2) is 9.97 Å². The van der Waals surface area contributed by atoms with Crippen molar-refractivity contribution < 1.29 is 0 Å². The normalized spacial score (nSPS) is 12.5. The predicted octanol–water partition coefficient (Wildman–Crippen LogP) is 14.3. The molecular formula is C56H38N4. The summed E-state index contributed by atoms with van der Waals surface area (Å²) in [4.78, 5) is 10.3. The molecule has 0 radical (unpaired) electrons. The van der Waals surface area contributed by atoms with Crippen LogP contribution in [0.1, 0.15) is 17.5 Å². The van der Waals surface area contributed by atoms with E-state index in [0.29, 0.717) is 0 Å². The van der Waals surface area contributed by atoms with E-state index in [-0.39, 0.29) is 0 Å². The van der Waals surface area contributed by atoms with Crippen LogP contribution >= 0.6 is 0 Å². The molecule has 11 aromatic rings. The maximum atomic E-state index is 5.14. The molecule has 0 atom stereocenters. The number of para-hydroxylation sites is 6. The highest BCUT2D eigenvalue weighted by molar-refractivity contribution is 6.18. The van der Waals surface area contributed by atoms with Gasteiger partial charge < -0.3 is 0 Å². The molecule has 9 aromatic carbocycles. The van der Waals surface area contributed by atoms with E-state index < -0.39 is 0 Å². The fraction of sp³-hybridized carbons (Fsp3) is 0.0357. The number of rotatable bonds is 6. The molecule has 282 valence electrons. The van der Waals surface area contributed by atoms with Crippen LogP contribution in [0.3, 0.4) is 0 Å². The van der Waals surface area contributed by atoms with Gasteiger partial charge in [0.25, 0.3) is 0 Å². The van der Waals surface area contributed by atoms with Crippen molar-refractivity contribution in [2.45, 2.75) is 12.8 Å². The van der Waals surface area contributed by atoms with Gasteiger partial charge in [0.2, 0.25) is 0 Å². The Hall–Kier alpha value is -7.82. The van der Waals surface area contributed by atoms with Crippen molar-refractivity contribution in [2.24, 2.45) is 0 Å². The van der Waals surface area contributed by atoms with E-state index in [1.54, 1.807) is 0 Å². The molecule has 0 unspecified atom stereocenters. The van der Waals surface area contributed by atoms with Crippen LogP contribution in [0.25, 0.3) is 106 Å². The van der Waals surface area contributed by atoms with E-state index in [1.165, 1.54) is 54.9 Å². The summed E-state index contributed by atoms with van der Waals surface area (Å²) in [6.07, 6.45) is 6.74. The van der Waals surface area contributed by atoms with E-state index in [9.17, 15) is 0 Å². The first-order valence-corrected chi connectivity index (χ1v) is 20.7. The topological polar surface area (TPSA) is 35.6 Å². The number of hydrogen-bond acceptors (Lipinski definition) is 2. The minimum atomic E-state index is 0.934. The van der Waals surface area contributed by atoms with Crippen LogP contribution in [0.4, 0.5) is 0 Å². The zero-order valence-electron chi connectivity index (χ0n) is 32.8. The maximum Gasteiger partial charge on any atom is 0.145 e. The lowest BCUT2D eigenvalue weighted by Gasteiger charge is -2.21. The highest BCUT2D eigenvalue weighted by Gasteiger charge is 2.21. The van der Waals surface area contributed by atoms with Crippen LogP contribution in [-0.4, -0.2) is 19.1 Å². The smallest absolute Gasteiger partial charge is 0.145 e. The summed E-state index contributed by atoms with van der Waals surface area (Å²) in [5.74, 6) is 1.88. The summed E-state index contributed by atoms with van der Waals surface area (Å²) in [6, 6.07) is 69.6. The van der Waals surface area contributed by atoms with Crippen LogP contribution in [-0.2, 0) is 6.42 Å². The standard InChI is InChI=1S/C56H38N4/c1-3-15-42(16-4-1)59-52-25-13-11-23-50(52)57-55(59)39-31-27-37(28-32-39)48-35-41-36-49(45-20-8-10-22-47(45)54(41)46-21-9-7-19-44(46)48)38-29-33-40(34-30-38)56-58-51-24-12-14-26-53(51)60(56)43-17-5-2-6-18-43/h1-7,9-19,21-36H,8,20H2. The van der Waals surface area contributed by atoms with Crippen LogP contribution in [0.15, 0.2) is 200 Å². The zero-order chi connectivity index (χ0) is 39.6. The molecule has 0 amide bonds. The van der Waals surface area contributed by atoms with Gasteiger partial charge in [0.15, 0.2) is 0 Å². The Morgan fingerprint density at radius 1 is 0.417 bits per heavy atom. The van der Waals surface area contributed by atoms with E-state index in [2.05, 4.69) is 215 Å². The first-order chi connectivity index (χ1) is 29.8. The van der Waals surface area contributed by atoms with E-state index in [4.69, 9.17) is 9.97 Å². The average molecular weight is 767 g/mol. The molecule has 0 saturated carbocycles. The van der Waals surface area contributed by atoms with E-state index in [0.717, 1.165) is 69.1 Å². The third kappa shape index (κ3) is 5.53. The Balaban J connectivity index is 0.985. The Bertz CT molecular complexity index is 3450. The van der Waals surface area contributed by atoms with Crippen molar-refractivity contribution in [1.82, 2.24) is 19.1 Å². The van der Waals surface area contributed by atoms with Gasteiger partial charge in [-0.2, -0.15) is 0 Å². The summed E-state index contributed by atoms with van der Waals surface area (Å²) < 4.78 is 4.53. The molecule has 0 spiro atoms. The third-order valence-electron chi connectivity index (χ3n) is 12.2. The van der Waals surface area contributed by atoms with Crippen molar-refractivity contribution >= 4 is 49.7 Å². The lowest BCUT2D eigenvalue weighted by Crippen LogP contribution is -2.01. The number of imidazole rings is 2. The molecule has 2 aromatic heterocycles. The Morgan fingerprint density at radius 2 is 0.883 bits per heavy atom. The van der Waals surface area contributed by atoms with Crippen molar-refractivity contribution in [2.75, 3.05) is 0 Å². The second-order valence-electron chi connectivity index (χ2n) is 15.7. The molecule has 1 aliphatic rings.